The molecule has 0 amide bonds. The van der Waals surface area contributed by atoms with E-state index in [1.54, 1.807) is 0 Å². The zero-order valence-electron chi connectivity index (χ0n) is 24.5. The first-order valence-corrected chi connectivity index (χ1v) is 15.9. The fourth-order valence-corrected chi connectivity index (χ4v) is 9.67. The highest BCUT2D eigenvalue weighted by molar-refractivity contribution is 6.17. The van der Waals surface area contributed by atoms with Crippen LogP contribution in [0.2, 0.25) is 0 Å². The maximum atomic E-state index is 3.73. The molecule has 1 aromatic heterocycles. The van der Waals surface area contributed by atoms with Crippen molar-refractivity contribution in [2.45, 2.75) is 10.8 Å². The van der Waals surface area contributed by atoms with Gasteiger partial charge in [0.2, 0.25) is 0 Å². The second-order valence-electron chi connectivity index (χ2n) is 12.8. The smallest absolute Gasteiger partial charge is 0.0720 e. The number of aromatic nitrogens is 1. The van der Waals surface area contributed by atoms with Gasteiger partial charge in [0.15, 0.2) is 0 Å². The van der Waals surface area contributed by atoms with E-state index in [-0.39, 0.29) is 0 Å². The SMILES string of the molecule is c1ccc2c(c1)-c1ccccc1C21c2ccccc2C2(c3ccccc3-c3c2ccc2[nH]c4ccccc4c32)c2ccccc21. The summed E-state index contributed by atoms with van der Waals surface area (Å²) >= 11 is 0. The van der Waals surface area contributed by atoms with Gasteiger partial charge in [-0.2, -0.15) is 0 Å². The van der Waals surface area contributed by atoms with Crippen LogP contribution >= 0.6 is 0 Å². The van der Waals surface area contributed by atoms with Gasteiger partial charge in [0.1, 0.15) is 0 Å². The standard InChI is InChI=1S/C44H27N/c1-5-17-31-27(13-1)28-14-2-6-18-32(28)43(31)34-20-8-10-22-36(34)44(37-23-11-9-21-35(37)43)33-19-7-3-15-29(33)41-38(44)25-26-40-42(41)30-16-4-12-24-39(30)45-40/h1-26,45H. The maximum absolute atomic E-state index is 3.73. The minimum absolute atomic E-state index is 0.409. The number of aromatic amines is 1. The second kappa shape index (κ2) is 8.08. The van der Waals surface area contributed by atoms with Gasteiger partial charge in [0.05, 0.1) is 10.8 Å². The van der Waals surface area contributed by atoms with E-state index >= 15 is 0 Å². The molecule has 1 nitrogen and oxygen atoms in total. The molecule has 1 N–H and O–H groups in total. The molecule has 3 aliphatic rings. The summed E-state index contributed by atoms with van der Waals surface area (Å²) in [5, 5.41) is 2.60. The quantitative estimate of drug-likeness (QED) is 0.187. The molecule has 0 bridgehead atoms. The summed E-state index contributed by atoms with van der Waals surface area (Å²) in [6.45, 7) is 0. The molecular formula is C44H27N. The molecule has 0 saturated heterocycles. The third kappa shape index (κ3) is 2.53. The van der Waals surface area contributed by atoms with Crippen LogP contribution in [0.15, 0.2) is 158 Å². The van der Waals surface area contributed by atoms with E-state index in [0.29, 0.717) is 0 Å². The van der Waals surface area contributed by atoms with Crippen molar-refractivity contribution in [2.24, 2.45) is 0 Å². The minimum atomic E-state index is -0.455. The number of hydrogen-bond acceptors (Lipinski definition) is 0. The molecule has 0 radical (unpaired) electrons. The topological polar surface area (TPSA) is 15.8 Å². The van der Waals surface area contributed by atoms with Crippen LogP contribution in [-0.4, -0.2) is 4.98 Å². The highest BCUT2D eigenvalue weighted by atomic mass is 14.7. The van der Waals surface area contributed by atoms with Crippen LogP contribution in [0.4, 0.5) is 0 Å². The first-order valence-electron chi connectivity index (χ1n) is 15.9. The lowest BCUT2D eigenvalue weighted by Crippen LogP contribution is -2.43. The Bertz CT molecular complexity index is 2470. The first-order chi connectivity index (χ1) is 22.3. The zero-order valence-corrected chi connectivity index (χ0v) is 24.5. The number of hydrogen-bond donors (Lipinski definition) is 1. The number of nitrogens with one attached hydrogen (secondary N) is 1. The molecule has 45 heavy (non-hydrogen) atoms. The fourth-order valence-electron chi connectivity index (χ4n) is 9.67. The molecule has 0 atom stereocenters. The van der Waals surface area contributed by atoms with Crippen LogP contribution in [0.3, 0.4) is 0 Å². The molecular weight excluding hydrogens is 542 g/mol. The summed E-state index contributed by atoms with van der Waals surface area (Å²) in [4.78, 5) is 3.73. The summed E-state index contributed by atoms with van der Waals surface area (Å²) < 4.78 is 0. The van der Waals surface area contributed by atoms with Gasteiger partial charge in [-0.25, -0.2) is 0 Å². The van der Waals surface area contributed by atoms with E-state index in [1.165, 1.54) is 88.6 Å². The van der Waals surface area contributed by atoms with Crippen LogP contribution in [0.5, 0.6) is 0 Å². The number of para-hydroxylation sites is 1. The van der Waals surface area contributed by atoms with E-state index in [9.17, 15) is 0 Å². The molecule has 11 rings (SSSR count). The zero-order chi connectivity index (χ0) is 29.3. The van der Waals surface area contributed by atoms with E-state index in [0.717, 1.165) is 0 Å². The average molecular weight is 570 g/mol. The summed E-state index contributed by atoms with van der Waals surface area (Å²) in [6, 6.07) is 59.5. The molecule has 2 spiro atoms. The Kier molecular flexibility index (Phi) is 4.27. The van der Waals surface area contributed by atoms with E-state index in [1.807, 2.05) is 0 Å². The van der Waals surface area contributed by atoms with Crippen LogP contribution in [-0.2, 0) is 10.8 Å². The minimum Gasteiger partial charge on any atom is -0.354 e. The van der Waals surface area contributed by atoms with Gasteiger partial charge < -0.3 is 4.98 Å². The lowest BCUT2D eigenvalue weighted by Gasteiger charge is -2.48. The van der Waals surface area contributed by atoms with Crippen molar-refractivity contribution in [3.8, 4) is 22.3 Å². The van der Waals surface area contributed by atoms with E-state index < -0.39 is 10.8 Å². The molecule has 0 saturated carbocycles. The van der Waals surface area contributed by atoms with Crippen molar-refractivity contribution in [3.63, 3.8) is 0 Å². The van der Waals surface area contributed by atoms with Crippen LogP contribution in [0.25, 0.3) is 44.1 Å². The van der Waals surface area contributed by atoms with Crippen molar-refractivity contribution >= 4 is 21.8 Å². The lowest BCUT2D eigenvalue weighted by atomic mass is 9.52. The highest BCUT2D eigenvalue weighted by Crippen LogP contribution is 2.67. The predicted molar refractivity (Wildman–Crippen MR) is 184 cm³/mol. The Morgan fingerprint density at radius 2 is 0.733 bits per heavy atom. The van der Waals surface area contributed by atoms with Gasteiger partial charge >= 0.3 is 0 Å². The highest BCUT2D eigenvalue weighted by Gasteiger charge is 2.59. The molecule has 8 aromatic rings. The van der Waals surface area contributed by atoms with Gasteiger partial charge in [-0.05, 0) is 78.9 Å². The number of H-pyrrole nitrogens is 1. The molecule has 0 aliphatic heterocycles. The number of benzene rings is 7. The Morgan fingerprint density at radius 3 is 1.31 bits per heavy atom. The fraction of sp³-hybridized carbons (Fsp3) is 0.0455. The lowest BCUT2D eigenvalue weighted by molar-refractivity contribution is 0.633. The summed E-state index contributed by atoms with van der Waals surface area (Å²) in [6.07, 6.45) is 0. The third-order valence-electron chi connectivity index (χ3n) is 11.1. The van der Waals surface area contributed by atoms with Crippen molar-refractivity contribution in [3.05, 3.63) is 202 Å². The van der Waals surface area contributed by atoms with E-state index in [4.69, 9.17) is 0 Å². The second-order valence-corrected chi connectivity index (χ2v) is 12.8. The van der Waals surface area contributed by atoms with Crippen molar-refractivity contribution in [1.29, 1.82) is 0 Å². The average Bonchev–Trinajstić information content (AvgIpc) is 3.73. The van der Waals surface area contributed by atoms with Crippen LogP contribution in [0, 0.1) is 0 Å². The molecule has 7 aromatic carbocycles. The predicted octanol–water partition coefficient (Wildman–Crippen LogP) is 10.4. The van der Waals surface area contributed by atoms with Gasteiger partial charge in [-0.3, -0.25) is 0 Å². The molecule has 0 unspecified atom stereocenters. The third-order valence-corrected chi connectivity index (χ3v) is 11.1. The Labute approximate surface area is 261 Å². The number of fused-ring (bicyclic) bond motifs is 20. The normalized spacial score (nSPS) is 15.5. The first kappa shape index (κ1) is 23.8. The van der Waals surface area contributed by atoms with Crippen LogP contribution < -0.4 is 0 Å². The molecule has 1 heterocycles. The summed E-state index contributed by atoms with van der Waals surface area (Å²) in [5.41, 5.74) is 17.9. The summed E-state index contributed by atoms with van der Waals surface area (Å²) in [5.74, 6) is 0. The largest absolute Gasteiger partial charge is 0.354 e. The Morgan fingerprint density at radius 1 is 0.311 bits per heavy atom. The Balaban J connectivity index is 1.37. The van der Waals surface area contributed by atoms with Gasteiger partial charge in [-0.1, -0.05) is 146 Å². The molecule has 1 heteroatoms. The number of rotatable bonds is 0. The molecule has 3 aliphatic carbocycles. The van der Waals surface area contributed by atoms with Gasteiger partial charge in [0.25, 0.3) is 0 Å². The van der Waals surface area contributed by atoms with Crippen LogP contribution in [0.1, 0.15) is 44.5 Å². The molecule has 208 valence electrons. The van der Waals surface area contributed by atoms with Gasteiger partial charge in [-0.15, -0.1) is 0 Å². The van der Waals surface area contributed by atoms with E-state index in [2.05, 4.69) is 163 Å². The summed E-state index contributed by atoms with van der Waals surface area (Å²) in [7, 11) is 0. The van der Waals surface area contributed by atoms with Gasteiger partial charge in [0, 0.05) is 21.8 Å². The Hall–Kier alpha value is -5.66. The van der Waals surface area contributed by atoms with Crippen molar-refractivity contribution in [2.75, 3.05) is 0 Å². The maximum Gasteiger partial charge on any atom is 0.0720 e. The van der Waals surface area contributed by atoms with Crippen molar-refractivity contribution < 1.29 is 0 Å². The van der Waals surface area contributed by atoms with Crippen molar-refractivity contribution in [1.82, 2.24) is 4.98 Å². The monoisotopic (exact) mass is 569 g/mol. The molecule has 0 fully saturated rings.